The molecule has 4 heteroatoms. The Morgan fingerprint density at radius 1 is 1.73 bits per heavy atom. The van der Waals surface area contributed by atoms with Gasteiger partial charge in [-0.15, -0.1) is 0 Å². The van der Waals surface area contributed by atoms with E-state index in [1.54, 1.807) is 6.92 Å². The second kappa shape index (κ2) is 2.57. The topological polar surface area (TPSA) is 82.0 Å². The maximum absolute atomic E-state index is 10.6. The van der Waals surface area contributed by atoms with E-state index in [0.717, 1.165) is 0 Å². The van der Waals surface area contributed by atoms with Crippen LogP contribution in [0.2, 0.25) is 0 Å². The summed E-state index contributed by atoms with van der Waals surface area (Å²) in [4.78, 5) is 14.5. The van der Waals surface area contributed by atoms with Gasteiger partial charge in [-0.1, -0.05) is 0 Å². The van der Waals surface area contributed by atoms with Gasteiger partial charge in [-0.2, -0.15) is 0 Å². The number of nitrogens with zero attached hydrogens (tertiary/aromatic N) is 1. The minimum absolute atomic E-state index is 0. The molecule has 1 amide bonds. The number of hydrogen-bond donors (Lipinski definition) is 2. The Kier molecular flexibility index (Phi) is 1.76. The molecule has 1 heterocycles. The molecule has 0 atom stereocenters. The van der Waals surface area contributed by atoms with Gasteiger partial charge in [-0.3, -0.25) is 9.78 Å². The summed E-state index contributed by atoms with van der Waals surface area (Å²) >= 11 is 0. The highest BCUT2D eigenvalue weighted by Gasteiger charge is 2.01. The number of rotatable bonds is 1. The molecule has 0 unspecified atom stereocenters. The van der Waals surface area contributed by atoms with Crippen molar-refractivity contribution in [1.29, 1.82) is 0 Å². The number of carbonyl (C=O) groups is 1. The van der Waals surface area contributed by atoms with Gasteiger partial charge in [0.15, 0.2) is 0 Å². The van der Waals surface area contributed by atoms with Crippen molar-refractivity contribution in [2.24, 2.45) is 5.73 Å². The van der Waals surface area contributed by atoms with Crippen LogP contribution in [-0.2, 0) is 0 Å². The molecule has 4 nitrogen and oxygen atoms in total. The van der Waals surface area contributed by atoms with Gasteiger partial charge in [-0.25, -0.2) is 0 Å². The van der Waals surface area contributed by atoms with Crippen LogP contribution in [0.5, 0.6) is 0 Å². The summed E-state index contributed by atoms with van der Waals surface area (Å²) in [5.41, 5.74) is 12.0. The molecule has 1 aromatic rings. The van der Waals surface area contributed by atoms with Crippen LogP contribution < -0.4 is 11.5 Å². The summed E-state index contributed by atoms with van der Waals surface area (Å²) in [5.74, 6) is -0.510. The number of hydrogen-bond acceptors (Lipinski definition) is 3. The van der Waals surface area contributed by atoms with Crippen molar-refractivity contribution in [3.05, 3.63) is 23.5 Å². The van der Waals surface area contributed by atoms with E-state index < -0.39 is 5.91 Å². The van der Waals surface area contributed by atoms with E-state index in [1.807, 2.05) is 0 Å². The van der Waals surface area contributed by atoms with E-state index in [1.165, 1.54) is 12.3 Å². The Labute approximate surface area is 67.2 Å². The molecular formula is C7H13N3O. The Hall–Kier alpha value is -1.58. The van der Waals surface area contributed by atoms with E-state index in [0.29, 0.717) is 16.9 Å². The molecule has 0 bridgehead atoms. The molecular weight excluding hydrogens is 142 g/mol. The van der Waals surface area contributed by atoms with Crippen molar-refractivity contribution in [3.8, 4) is 0 Å². The molecule has 0 spiro atoms. The van der Waals surface area contributed by atoms with Gasteiger partial charge in [0.25, 0.3) is 0 Å². The molecule has 11 heavy (non-hydrogen) atoms. The number of pyridine rings is 1. The first-order valence-electron chi connectivity index (χ1n) is 3.13. The zero-order chi connectivity index (χ0) is 8.43. The molecule has 0 aliphatic heterocycles. The lowest BCUT2D eigenvalue weighted by Crippen LogP contribution is -2.12. The zero-order valence-electron chi connectivity index (χ0n) is 6.16. The fourth-order valence-corrected chi connectivity index (χ4v) is 0.685. The number of anilines is 1. The first kappa shape index (κ1) is 7.53. The monoisotopic (exact) mass is 155 g/mol. The van der Waals surface area contributed by atoms with Crippen LogP contribution in [0.4, 0.5) is 5.69 Å². The third kappa shape index (κ3) is 1.46. The number of aryl methyl sites for hydroxylation is 1. The van der Waals surface area contributed by atoms with Crippen molar-refractivity contribution < 1.29 is 7.65 Å². The second-order valence-electron chi connectivity index (χ2n) is 2.26. The molecule has 0 aromatic carbocycles. The minimum atomic E-state index is -0.510. The van der Waals surface area contributed by atoms with Gasteiger partial charge >= 0.3 is 0 Å². The first-order valence-corrected chi connectivity index (χ1v) is 3.13. The molecule has 0 fully saturated rings. The minimum Gasteiger partial charge on any atom is -0.397 e. The Morgan fingerprint density at radius 2 is 2.36 bits per heavy atom. The lowest BCUT2D eigenvalue weighted by atomic mass is 10.2. The summed E-state index contributed by atoms with van der Waals surface area (Å²) in [7, 11) is 0. The number of carbonyl (C=O) groups excluding carboxylic acids is 1. The number of aromatic nitrogens is 1. The van der Waals surface area contributed by atoms with E-state index in [-0.39, 0.29) is 2.85 Å². The Bertz CT molecular complexity index is 304. The molecule has 0 aliphatic carbocycles. The smallest absolute Gasteiger partial charge is 0.250 e. The van der Waals surface area contributed by atoms with Gasteiger partial charge in [-0.05, 0) is 13.0 Å². The van der Waals surface area contributed by atoms with Crippen molar-refractivity contribution in [1.82, 2.24) is 4.98 Å². The average Bonchev–Trinajstić information content (AvgIpc) is 1.94. The van der Waals surface area contributed by atoms with Crippen LogP contribution in [0.1, 0.15) is 18.9 Å². The van der Waals surface area contributed by atoms with Crippen molar-refractivity contribution in [2.75, 3.05) is 5.73 Å². The SMILES string of the molecule is Cc1ncc(C(N)=O)cc1N.[HH].[HH]. The molecule has 0 saturated carbocycles. The first-order chi connectivity index (χ1) is 5.11. The third-order valence-electron chi connectivity index (χ3n) is 1.41. The summed E-state index contributed by atoms with van der Waals surface area (Å²) in [6.07, 6.45) is 1.41. The van der Waals surface area contributed by atoms with E-state index in [4.69, 9.17) is 11.5 Å². The molecule has 62 valence electrons. The van der Waals surface area contributed by atoms with Gasteiger partial charge < -0.3 is 11.5 Å². The average molecular weight is 155 g/mol. The lowest BCUT2D eigenvalue weighted by Gasteiger charge is -1.99. The lowest BCUT2D eigenvalue weighted by molar-refractivity contribution is 0.1000. The number of nitrogen functional groups attached to an aromatic ring is 1. The number of nitrogens with two attached hydrogens (primary N) is 2. The van der Waals surface area contributed by atoms with Crippen LogP contribution in [0.15, 0.2) is 12.3 Å². The van der Waals surface area contributed by atoms with Gasteiger partial charge in [0.2, 0.25) is 5.91 Å². The van der Waals surface area contributed by atoms with Crippen molar-refractivity contribution >= 4 is 11.6 Å². The van der Waals surface area contributed by atoms with E-state index >= 15 is 0 Å². The fourth-order valence-electron chi connectivity index (χ4n) is 0.685. The molecule has 0 radical (unpaired) electrons. The normalized spacial score (nSPS) is 9.55. The zero-order valence-corrected chi connectivity index (χ0v) is 6.16. The summed E-state index contributed by atoms with van der Waals surface area (Å²) < 4.78 is 0. The highest BCUT2D eigenvalue weighted by molar-refractivity contribution is 5.93. The second-order valence-corrected chi connectivity index (χ2v) is 2.26. The molecule has 4 N–H and O–H groups in total. The van der Waals surface area contributed by atoms with Crippen LogP contribution in [0.3, 0.4) is 0 Å². The third-order valence-corrected chi connectivity index (χ3v) is 1.41. The predicted octanol–water partition coefficient (Wildman–Crippen LogP) is 0.563. The summed E-state index contributed by atoms with van der Waals surface area (Å²) in [6, 6.07) is 1.52. The van der Waals surface area contributed by atoms with Gasteiger partial charge in [0.1, 0.15) is 0 Å². The Balaban J connectivity index is 0. The van der Waals surface area contributed by atoms with Crippen LogP contribution in [0.25, 0.3) is 0 Å². The number of primary amides is 1. The van der Waals surface area contributed by atoms with E-state index in [9.17, 15) is 4.79 Å². The maximum atomic E-state index is 10.6. The molecule has 0 saturated heterocycles. The highest BCUT2D eigenvalue weighted by Crippen LogP contribution is 2.08. The quantitative estimate of drug-likeness (QED) is 0.621. The Morgan fingerprint density at radius 3 is 2.82 bits per heavy atom. The molecule has 1 aromatic heterocycles. The largest absolute Gasteiger partial charge is 0.397 e. The van der Waals surface area contributed by atoms with Gasteiger partial charge in [0, 0.05) is 9.05 Å². The maximum Gasteiger partial charge on any atom is 0.250 e. The highest BCUT2D eigenvalue weighted by atomic mass is 16.1. The van der Waals surface area contributed by atoms with Crippen LogP contribution >= 0.6 is 0 Å². The van der Waals surface area contributed by atoms with E-state index in [2.05, 4.69) is 4.98 Å². The van der Waals surface area contributed by atoms with Crippen molar-refractivity contribution in [2.45, 2.75) is 6.92 Å². The fraction of sp³-hybridized carbons (Fsp3) is 0.143. The number of amides is 1. The van der Waals surface area contributed by atoms with Crippen LogP contribution in [-0.4, -0.2) is 10.9 Å². The van der Waals surface area contributed by atoms with Crippen LogP contribution in [0, 0.1) is 6.92 Å². The summed E-state index contributed by atoms with van der Waals surface area (Å²) in [5, 5.41) is 0. The standard InChI is InChI=1S/C7H9N3O.2H2/c1-4-6(8)2-5(3-10-4)7(9)11;;/h2-3H,8H2,1H3,(H2,9,11);2*1H. The van der Waals surface area contributed by atoms with Gasteiger partial charge in [0.05, 0.1) is 16.9 Å². The molecule has 0 aliphatic rings. The molecule has 1 rings (SSSR count). The van der Waals surface area contributed by atoms with Crippen molar-refractivity contribution in [3.63, 3.8) is 0 Å². The predicted molar refractivity (Wildman–Crippen MR) is 46.1 cm³/mol. The summed E-state index contributed by atoms with van der Waals surface area (Å²) in [6.45, 7) is 1.76.